The fourth-order valence-corrected chi connectivity index (χ4v) is 2.82. The summed E-state index contributed by atoms with van der Waals surface area (Å²) in [6.07, 6.45) is 5.72. The van der Waals surface area contributed by atoms with Gasteiger partial charge in [0.25, 0.3) is 0 Å². The third-order valence-corrected chi connectivity index (χ3v) is 3.83. The van der Waals surface area contributed by atoms with Crippen molar-refractivity contribution in [2.75, 3.05) is 18.0 Å². The Morgan fingerprint density at radius 3 is 2.75 bits per heavy atom. The molecule has 0 unspecified atom stereocenters. The molecule has 4 nitrogen and oxygen atoms in total. The average Bonchev–Trinajstić information content (AvgIpc) is 3.19. The predicted octanol–water partition coefficient (Wildman–Crippen LogP) is 3.49. The summed E-state index contributed by atoms with van der Waals surface area (Å²) in [5.74, 6) is 1.83. The van der Waals surface area contributed by atoms with E-state index in [2.05, 4.69) is 28.1 Å². The van der Waals surface area contributed by atoms with Crippen LogP contribution in [0.15, 0.2) is 47.3 Å². The van der Waals surface area contributed by atoms with Crippen LogP contribution in [0.3, 0.4) is 0 Å². The molecule has 3 aromatic rings. The molecule has 0 saturated carbocycles. The van der Waals surface area contributed by atoms with Crippen LogP contribution in [0, 0.1) is 0 Å². The van der Waals surface area contributed by atoms with Gasteiger partial charge in [-0.3, -0.25) is 0 Å². The minimum absolute atomic E-state index is 0.795. The normalized spacial score (nSPS) is 15.1. The zero-order valence-electron chi connectivity index (χ0n) is 11.1. The topological polar surface area (TPSA) is 42.2 Å². The number of benzene rings is 1. The average molecular weight is 265 g/mol. The highest BCUT2D eigenvalue weighted by Crippen LogP contribution is 2.32. The Hall–Kier alpha value is -2.36. The Morgan fingerprint density at radius 1 is 1.10 bits per heavy atom. The van der Waals surface area contributed by atoms with E-state index in [-0.39, 0.29) is 0 Å². The van der Waals surface area contributed by atoms with Gasteiger partial charge in [0.1, 0.15) is 5.82 Å². The Kier molecular flexibility index (Phi) is 2.66. The van der Waals surface area contributed by atoms with E-state index in [1.807, 2.05) is 12.1 Å². The summed E-state index contributed by atoms with van der Waals surface area (Å²) in [5, 5.41) is 1.10. The lowest BCUT2D eigenvalue weighted by molar-refractivity contribution is 0.572. The minimum atomic E-state index is 0.795. The molecule has 0 atom stereocenters. The van der Waals surface area contributed by atoms with E-state index < -0.39 is 0 Å². The summed E-state index contributed by atoms with van der Waals surface area (Å²) in [6, 6.07) is 10.3. The number of hydrogen-bond acceptors (Lipinski definition) is 4. The van der Waals surface area contributed by atoms with Crippen molar-refractivity contribution in [3.05, 3.63) is 42.9 Å². The molecule has 1 fully saturated rings. The van der Waals surface area contributed by atoms with Gasteiger partial charge in [-0.2, -0.15) is 0 Å². The van der Waals surface area contributed by atoms with Crippen LogP contribution in [0.5, 0.6) is 0 Å². The number of hydrogen-bond donors (Lipinski definition) is 0. The largest absolute Gasteiger partial charge is 0.443 e. The molecule has 0 spiro atoms. The van der Waals surface area contributed by atoms with Crippen LogP contribution < -0.4 is 4.90 Å². The van der Waals surface area contributed by atoms with E-state index in [0.717, 1.165) is 41.1 Å². The standard InChI is InChI=1S/C16H15N3O/c1-2-6-14-12(5-1)13(15-10-17-11-20-15)9-16(18-14)19-7-3-4-8-19/h1-2,5-6,9-11H,3-4,7-8H2. The van der Waals surface area contributed by atoms with Crippen molar-refractivity contribution in [2.45, 2.75) is 12.8 Å². The number of pyridine rings is 1. The second-order valence-corrected chi connectivity index (χ2v) is 5.11. The SMILES string of the molecule is c1ccc2c(-c3cnco3)cc(N3CCCC3)nc2c1. The number of para-hydroxylation sites is 1. The number of aromatic nitrogens is 2. The Labute approximate surface area is 117 Å². The summed E-state index contributed by atoms with van der Waals surface area (Å²) in [5.41, 5.74) is 2.07. The molecule has 4 rings (SSSR count). The van der Waals surface area contributed by atoms with Gasteiger partial charge in [-0.25, -0.2) is 9.97 Å². The molecule has 1 saturated heterocycles. The molecule has 4 heteroatoms. The van der Waals surface area contributed by atoms with Crippen molar-refractivity contribution >= 4 is 16.7 Å². The van der Waals surface area contributed by atoms with E-state index in [0.29, 0.717) is 0 Å². The van der Waals surface area contributed by atoms with Gasteiger partial charge < -0.3 is 9.32 Å². The highest BCUT2D eigenvalue weighted by molar-refractivity contribution is 5.94. The van der Waals surface area contributed by atoms with Crippen LogP contribution in [0.1, 0.15) is 12.8 Å². The maximum Gasteiger partial charge on any atom is 0.181 e. The van der Waals surface area contributed by atoms with Gasteiger partial charge in [0.05, 0.1) is 11.7 Å². The molecule has 20 heavy (non-hydrogen) atoms. The molecule has 3 heterocycles. The van der Waals surface area contributed by atoms with Crippen LogP contribution in [0.4, 0.5) is 5.82 Å². The van der Waals surface area contributed by atoms with E-state index in [4.69, 9.17) is 9.40 Å². The first kappa shape index (κ1) is 11.5. The molecule has 1 aromatic carbocycles. The van der Waals surface area contributed by atoms with Crippen molar-refractivity contribution < 1.29 is 4.42 Å². The smallest absolute Gasteiger partial charge is 0.181 e. The van der Waals surface area contributed by atoms with E-state index >= 15 is 0 Å². The van der Waals surface area contributed by atoms with Crippen molar-refractivity contribution in [1.29, 1.82) is 0 Å². The van der Waals surface area contributed by atoms with Crippen molar-refractivity contribution in [3.63, 3.8) is 0 Å². The quantitative estimate of drug-likeness (QED) is 0.711. The number of nitrogens with zero attached hydrogens (tertiary/aromatic N) is 3. The van der Waals surface area contributed by atoms with Crippen molar-refractivity contribution in [3.8, 4) is 11.3 Å². The molecular formula is C16H15N3O. The molecule has 1 aliphatic heterocycles. The summed E-state index contributed by atoms with van der Waals surface area (Å²) < 4.78 is 5.49. The second kappa shape index (κ2) is 4.63. The van der Waals surface area contributed by atoms with Crippen LogP contribution in [-0.4, -0.2) is 23.1 Å². The third kappa shape index (κ3) is 1.84. The van der Waals surface area contributed by atoms with E-state index in [9.17, 15) is 0 Å². The summed E-state index contributed by atoms with van der Waals surface area (Å²) in [4.78, 5) is 11.2. The first-order chi connectivity index (χ1) is 9.92. The third-order valence-electron chi connectivity index (χ3n) is 3.83. The molecule has 0 radical (unpaired) electrons. The van der Waals surface area contributed by atoms with E-state index in [1.165, 1.54) is 19.2 Å². The second-order valence-electron chi connectivity index (χ2n) is 5.11. The zero-order valence-corrected chi connectivity index (χ0v) is 11.1. The minimum Gasteiger partial charge on any atom is -0.443 e. The Bertz CT molecular complexity index is 731. The molecule has 0 aliphatic carbocycles. The molecule has 0 amide bonds. The number of fused-ring (bicyclic) bond motifs is 1. The first-order valence-electron chi connectivity index (χ1n) is 6.95. The van der Waals surface area contributed by atoms with Gasteiger partial charge in [-0.05, 0) is 25.0 Å². The van der Waals surface area contributed by atoms with Gasteiger partial charge in [0.15, 0.2) is 12.2 Å². The lowest BCUT2D eigenvalue weighted by atomic mass is 10.1. The van der Waals surface area contributed by atoms with Gasteiger partial charge in [0, 0.05) is 24.0 Å². The summed E-state index contributed by atoms with van der Waals surface area (Å²) >= 11 is 0. The van der Waals surface area contributed by atoms with Crippen molar-refractivity contribution in [2.24, 2.45) is 0 Å². The maximum atomic E-state index is 5.49. The van der Waals surface area contributed by atoms with Crippen LogP contribution in [0.25, 0.3) is 22.2 Å². The van der Waals surface area contributed by atoms with Crippen LogP contribution >= 0.6 is 0 Å². The summed E-state index contributed by atoms with van der Waals surface area (Å²) in [6.45, 7) is 2.17. The molecule has 1 aliphatic rings. The monoisotopic (exact) mass is 265 g/mol. The van der Waals surface area contributed by atoms with Crippen LogP contribution in [-0.2, 0) is 0 Å². The fourth-order valence-electron chi connectivity index (χ4n) is 2.82. The Morgan fingerprint density at radius 2 is 1.95 bits per heavy atom. The first-order valence-corrected chi connectivity index (χ1v) is 6.95. The lowest BCUT2D eigenvalue weighted by Crippen LogP contribution is -2.19. The molecule has 0 N–H and O–H groups in total. The zero-order chi connectivity index (χ0) is 13.4. The molecular weight excluding hydrogens is 250 g/mol. The van der Waals surface area contributed by atoms with Gasteiger partial charge >= 0.3 is 0 Å². The van der Waals surface area contributed by atoms with Gasteiger partial charge in [-0.1, -0.05) is 18.2 Å². The number of anilines is 1. The molecule has 2 aromatic heterocycles. The number of rotatable bonds is 2. The Balaban J connectivity index is 1.94. The maximum absolute atomic E-state index is 5.49. The highest BCUT2D eigenvalue weighted by Gasteiger charge is 2.17. The fraction of sp³-hybridized carbons (Fsp3) is 0.250. The van der Waals surface area contributed by atoms with Crippen molar-refractivity contribution in [1.82, 2.24) is 9.97 Å². The lowest BCUT2D eigenvalue weighted by Gasteiger charge is -2.18. The van der Waals surface area contributed by atoms with Gasteiger partial charge in [0.2, 0.25) is 0 Å². The molecule has 0 bridgehead atoms. The van der Waals surface area contributed by atoms with Crippen LogP contribution in [0.2, 0.25) is 0 Å². The predicted molar refractivity (Wildman–Crippen MR) is 78.7 cm³/mol. The molecule has 100 valence electrons. The van der Waals surface area contributed by atoms with E-state index in [1.54, 1.807) is 6.20 Å². The highest BCUT2D eigenvalue weighted by atomic mass is 16.3. The summed E-state index contributed by atoms with van der Waals surface area (Å²) in [7, 11) is 0. The van der Waals surface area contributed by atoms with Gasteiger partial charge in [-0.15, -0.1) is 0 Å². The number of oxazole rings is 1.